The van der Waals surface area contributed by atoms with Gasteiger partial charge in [0, 0.05) is 25.3 Å². The summed E-state index contributed by atoms with van der Waals surface area (Å²) < 4.78 is 1.88. The second-order valence-electron chi connectivity index (χ2n) is 6.00. The van der Waals surface area contributed by atoms with E-state index in [0.29, 0.717) is 0 Å². The van der Waals surface area contributed by atoms with E-state index < -0.39 is 0 Å². The molecule has 21 heavy (non-hydrogen) atoms. The van der Waals surface area contributed by atoms with Crippen LogP contribution < -0.4 is 5.32 Å². The normalized spacial score (nSPS) is 19.9. The Hall–Kier alpha value is -1.56. The lowest BCUT2D eigenvalue weighted by Gasteiger charge is -2.25. The van der Waals surface area contributed by atoms with Crippen molar-refractivity contribution in [3.8, 4) is 0 Å². The van der Waals surface area contributed by atoms with Crippen molar-refractivity contribution in [1.82, 2.24) is 20.0 Å². The van der Waals surface area contributed by atoms with Crippen LogP contribution >= 0.6 is 0 Å². The zero-order valence-electron chi connectivity index (χ0n) is 13.4. The maximum absolute atomic E-state index is 12.3. The van der Waals surface area contributed by atoms with Gasteiger partial charge < -0.3 is 15.3 Å². The molecule has 1 fully saturated rings. The Balaban J connectivity index is 1.95. The van der Waals surface area contributed by atoms with Gasteiger partial charge in [0.25, 0.3) is 0 Å². The largest absolute Gasteiger partial charge is 0.394 e. The lowest BCUT2D eigenvalue weighted by molar-refractivity contribution is 0.155. The molecule has 2 atom stereocenters. The van der Waals surface area contributed by atoms with Gasteiger partial charge in [-0.1, -0.05) is 0 Å². The zero-order chi connectivity index (χ0) is 15.6. The highest BCUT2D eigenvalue weighted by atomic mass is 16.3. The zero-order valence-corrected chi connectivity index (χ0v) is 13.4. The molecule has 2 heterocycles. The number of amides is 2. The Morgan fingerprint density at radius 1 is 1.52 bits per heavy atom. The molecule has 0 aliphatic carbocycles. The molecule has 0 bridgehead atoms. The Morgan fingerprint density at radius 2 is 2.24 bits per heavy atom. The van der Waals surface area contributed by atoms with E-state index in [2.05, 4.69) is 10.4 Å². The predicted octanol–water partition coefficient (Wildman–Crippen LogP) is 1.13. The van der Waals surface area contributed by atoms with Crippen molar-refractivity contribution in [3.63, 3.8) is 0 Å². The molecule has 2 amide bonds. The highest BCUT2D eigenvalue weighted by Gasteiger charge is 2.28. The number of aliphatic hydroxyl groups is 1. The first-order valence-corrected chi connectivity index (χ1v) is 7.61. The maximum atomic E-state index is 12.3. The SMILES string of the molecule is Cc1nn(C)c(C)c1CC(C)NC(=O)N1CCC[C@@H]1CO. The first-order valence-electron chi connectivity index (χ1n) is 7.61. The Morgan fingerprint density at radius 3 is 2.81 bits per heavy atom. The number of carbonyl (C=O) groups excluding carboxylic acids is 1. The van der Waals surface area contributed by atoms with Crippen LogP contribution in [0, 0.1) is 13.8 Å². The summed E-state index contributed by atoms with van der Waals surface area (Å²) in [7, 11) is 1.94. The highest BCUT2D eigenvalue weighted by molar-refractivity contribution is 5.75. The van der Waals surface area contributed by atoms with Crippen LogP contribution in [-0.4, -0.2) is 51.1 Å². The van der Waals surface area contributed by atoms with Gasteiger partial charge in [0.1, 0.15) is 0 Å². The lowest BCUT2D eigenvalue weighted by Crippen LogP contribution is -2.47. The van der Waals surface area contributed by atoms with E-state index >= 15 is 0 Å². The first-order chi connectivity index (χ1) is 9.93. The van der Waals surface area contributed by atoms with Crippen LogP contribution in [-0.2, 0) is 13.5 Å². The summed E-state index contributed by atoms with van der Waals surface area (Å²) in [5.74, 6) is 0. The number of rotatable bonds is 4. The van der Waals surface area contributed by atoms with Crippen molar-refractivity contribution < 1.29 is 9.90 Å². The number of nitrogens with zero attached hydrogens (tertiary/aromatic N) is 3. The summed E-state index contributed by atoms with van der Waals surface area (Å²) in [5.41, 5.74) is 3.36. The van der Waals surface area contributed by atoms with Gasteiger partial charge >= 0.3 is 6.03 Å². The summed E-state index contributed by atoms with van der Waals surface area (Å²) in [6.45, 7) is 6.83. The number of urea groups is 1. The van der Waals surface area contributed by atoms with E-state index in [-0.39, 0.29) is 24.7 Å². The van der Waals surface area contributed by atoms with Gasteiger partial charge in [-0.05, 0) is 45.6 Å². The standard InChI is InChI=1S/C15H26N4O2/c1-10(8-14-11(2)17-18(4)12(14)3)16-15(21)19-7-5-6-13(19)9-20/h10,13,20H,5-9H2,1-4H3,(H,16,21)/t10?,13-/m1/s1. The molecule has 0 radical (unpaired) electrons. The monoisotopic (exact) mass is 294 g/mol. The van der Waals surface area contributed by atoms with Crippen LogP contribution in [0.5, 0.6) is 0 Å². The van der Waals surface area contributed by atoms with Crippen molar-refractivity contribution in [1.29, 1.82) is 0 Å². The third kappa shape index (κ3) is 3.37. The molecule has 1 aliphatic heterocycles. The summed E-state index contributed by atoms with van der Waals surface area (Å²) >= 11 is 0. The summed E-state index contributed by atoms with van der Waals surface area (Å²) in [4.78, 5) is 14.0. The van der Waals surface area contributed by atoms with E-state index in [4.69, 9.17) is 0 Å². The van der Waals surface area contributed by atoms with Gasteiger partial charge in [0.2, 0.25) is 0 Å². The van der Waals surface area contributed by atoms with Crippen LogP contribution in [0.1, 0.15) is 36.7 Å². The van der Waals surface area contributed by atoms with E-state index in [0.717, 1.165) is 37.2 Å². The number of aliphatic hydroxyl groups excluding tert-OH is 1. The third-order valence-electron chi connectivity index (χ3n) is 4.39. The quantitative estimate of drug-likeness (QED) is 0.874. The Bertz CT molecular complexity index is 512. The number of hydrogen-bond donors (Lipinski definition) is 2. The molecule has 0 aromatic carbocycles. The van der Waals surface area contributed by atoms with Gasteiger partial charge in [0.05, 0.1) is 18.3 Å². The minimum Gasteiger partial charge on any atom is -0.394 e. The van der Waals surface area contributed by atoms with Crippen molar-refractivity contribution >= 4 is 6.03 Å². The summed E-state index contributed by atoms with van der Waals surface area (Å²) in [6, 6.07) is -0.0589. The smallest absolute Gasteiger partial charge is 0.317 e. The van der Waals surface area contributed by atoms with Gasteiger partial charge in [-0.2, -0.15) is 5.10 Å². The number of aryl methyl sites for hydroxylation is 2. The van der Waals surface area contributed by atoms with Crippen LogP contribution in [0.15, 0.2) is 0 Å². The summed E-state index contributed by atoms with van der Waals surface area (Å²) in [6.07, 6.45) is 2.63. The van der Waals surface area contributed by atoms with Crippen LogP contribution in [0.25, 0.3) is 0 Å². The molecular formula is C15H26N4O2. The fraction of sp³-hybridized carbons (Fsp3) is 0.733. The van der Waals surface area contributed by atoms with Crippen LogP contribution in [0.4, 0.5) is 4.79 Å². The number of aromatic nitrogens is 2. The average Bonchev–Trinajstić information content (AvgIpc) is 2.99. The van der Waals surface area contributed by atoms with Crippen molar-refractivity contribution in [3.05, 3.63) is 17.0 Å². The van der Waals surface area contributed by atoms with Crippen molar-refractivity contribution in [2.75, 3.05) is 13.2 Å². The topological polar surface area (TPSA) is 70.4 Å². The maximum Gasteiger partial charge on any atom is 0.317 e. The minimum atomic E-state index is -0.0711. The molecule has 1 aromatic rings. The molecule has 1 unspecified atom stereocenters. The molecule has 2 N–H and O–H groups in total. The van der Waals surface area contributed by atoms with Gasteiger partial charge in [-0.3, -0.25) is 4.68 Å². The van der Waals surface area contributed by atoms with Crippen LogP contribution in [0.3, 0.4) is 0 Å². The molecule has 0 spiro atoms. The molecule has 1 aromatic heterocycles. The molecule has 6 heteroatoms. The summed E-state index contributed by atoms with van der Waals surface area (Å²) in [5, 5.41) is 16.7. The fourth-order valence-corrected chi connectivity index (χ4v) is 3.06. The second-order valence-corrected chi connectivity index (χ2v) is 6.00. The van der Waals surface area contributed by atoms with Gasteiger partial charge in [0.15, 0.2) is 0 Å². The first kappa shape index (κ1) is 15.8. The molecule has 118 valence electrons. The molecule has 1 aliphatic rings. The number of likely N-dealkylation sites (tertiary alicyclic amines) is 1. The van der Waals surface area contributed by atoms with Crippen molar-refractivity contribution in [2.24, 2.45) is 7.05 Å². The van der Waals surface area contributed by atoms with Crippen LogP contribution in [0.2, 0.25) is 0 Å². The molecule has 2 rings (SSSR count). The number of hydrogen-bond acceptors (Lipinski definition) is 3. The van der Waals surface area contributed by atoms with Gasteiger partial charge in [-0.25, -0.2) is 4.79 Å². The van der Waals surface area contributed by atoms with E-state index in [1.807, 2.05) is 32.5 Å². The third-order valence-corrected chi connectivity index (χ3v) is 4.39. The van der Waals surface area contributed by atoms with E-state index in [1.54, 1.807) is 4.90 Å². The predicted molar refractivity (Wildman–Crippen MR) is 81.2 cm³/mol. The van der Waals surface area contributed by atoms with Gasteiger partial charge in [-0.15, -0.1) is 0 Å². The fourth-order valence-electron chi connectivity index (χ4n) is 3.06. The average molecular weight is 294 g/mol. The Kier molecular flexibility index (Phi) is 4.88. The molecule has 6 nitrogen and oxygen atoms in total. The van der Waals surface area contributed by atoms with E-state index in [1.165, 1.54) is 5.56 Å². The number of carbonyl (C=O) groups is 1. The molecule has 0 saturated carbocycles. The lowest BCUT2D eigenvalue weighted by atomic mass is 10.1. The molecular weight excluding hydrogens is 268 g/mol. The minimum absolute atomic E-state index is 0.0286. The highest BCUT2D eigenvalue weighted by Crippen LogP contribution is 2.18. The second kappa shape index (κ2) is 6.47. The van der Waals surface area contributed by atoms with Crippen molar-refractivity contribution in [2.45, 2.75) is 52.1 Å². The Labute approximate surface area is 126 Å². The van der Waals surface area contributed by atoms with E-state index in [9.17, 15) is 9.90 Å². The number of nitrogens with one attached hydrogen (secondary N) is 1. The molecule has 1 saturated heterocycles.